The second kappa shape index (κ2) is 7.29. The van der Waals surface area contributed by atoms with Crippen LogP contribution in [0.25, 0.3) is 27.5 Å². The van der Waals surface area contributed by atoms with E-state index in [4.69, 9.17) is 0 Å². The van der Waals surface area contributed by atoms with Crippen molar-refractivity contribution in [1.82, 2.24) is 19.3 Å². The summed E-state index contributed by atoms with van der Waals surface area (Å²) in [6, 6.07) is 22.5. The van der Waals surface area contributed by atoms with Crippen LogP contribution in [-0.2, 0) is 11.3 Å². The van der Waals surface area contributed by atoms with Gasteiger partial charge in [0.25, 0.3) is 5.56 Å². The third kappa shape index (κ3) is 3.22. The normalized spacial score (nSPS) is 11.1. The van der Waals surface area contributed by atoms with Gasteiger partial charge in [-0.15, -0.1) is 0 Å². The number of hydrogen-bond acceptors (Lipinski definition) is 4. The van der Waals surface area contributed by atoms with Crippen LogP contribution < -0.4 is 10.9 Å². The van der Waals surface area contributed by atoms with E-state index >= 15 is 0 Å². The van der Waals surface area contributed by atoms with Gasteiger partial charge in [0.05, 0.1) is 22.6 Å². The lowest BCUT2D eigenvalue weighted by atomic mass is 10.2. The van der Waals surface area contributed by atoms with E-state index in [0.717, 1.165) is 22.1 Å². The third-order valence-corrected chi connectivity index (χ3v) is 4.94. The molecule has 1 N–H and O–H groups in total. The SMILES string of the molecule is O=C(Cn1ncc2ccccc2c1=O)Nc1ccc(-n2cnc3ccccc32)cc1. The third-order valence-electron chi connectivity index (χ3n) is 4.94. The summed E-state index contributed by atoms with van der Waals surface area (Å²) in [6.45, 7) is -0.155. The van der Waals surface area contributed by atoms with Crippen molar-refractivity contribution in [1.29, 1.82) is 0 Å². The van der Waals surface area contributed by atoms with E-state index in [2.05, 4.69) is 15.4 Å². The van der Waals surface area contributed by atoms with Gasteiger partial charge in [-0.3, -0.25) is 14.2 Å². The number of aromatic nitrogens is 4. The number of rotatable bonds is 4. The molecule has 5 aromatic rings. The van der Waals surface area contributed by atoms with Crippen molar-refractivity contribution in [2.75, 3.05) is 5.32 Å². The van der Waals surface area contributed by atoms with Gasteiger partial charge in [-0.25, -0.2) is 9.67 Å². The van der Waals surface area contributed by atoms with Gasteiger partial charge in [-0.1, -0.05) is 30.3 Å². The van der Waals surface area contributed by atoms with Gasteiger partial charge in [0.2, 0.25) is 5.91 Å². The van der Waals surface area contributed by atoms with Crippen LogP contribution in [-0.4, -0.2) is 25.2 Å². The van der Waals surface area contributed by atoms with E-state index in [9.17, 15) is 9.59 Å². The molecule has 0 saturated carbocycles. The minimum absolute atomic E-state index is 0.155. The van der Waals surface area contributed by atoms with E-state index in [1.165, 1.54) is 4.68 Å². The van der Waals surface area contributed by atoms with E-state index in [1.54, 1.807) is 24.7 Å². The van der Waals surface area contributed by atoms with Crippen molar-refractivity contribution < 1.29 is 4.79 Å². The van der Waals surface area contributed by atoms with E-state index < -0.39 is 0 Å². The number of carbonyl (C=O) groups excluding carboxylic acids is 1. The van der Waals surface area contributed by atoms with Crippen LogP contribution in [0.15, 0.2) is 90.1 Å². The van der Waals surface area contributed by atoms with E-state index in [1.807, 2.05) is 65.2 Å². The average molecular weight is 395 g/mol. The molecule has 1 amide bonds. The number of benzene rings is 3. The zero-order valence-electron chi connectivity index (χ0n) is 15.9. The number of fused-ring (bicyclic) bond motifs is 2. The highest BCUT2D eigenvalue weighted by Crippen LogP contribution is 2.19. The Morgan fingerprint density at radius 2 is 1.70 bits per heavy atom. The monoisotopic (exact) mass is 395 g/mol. The summed E-state index contributed by atoms with van der Waals surface area (Å²) in [5.41, 5.74) is 3.22. The molecule has 3 aromatic carbocycles. The summed E-state index contributed by atoms with van der Waals surface area (Å²) >= 11 is 0. The highest BCUT2D eigenvalue weighted by Gasteiger charge is 2.09. The molecule has 0 radical (unpaired) electrons. The molecule has 0 aliphatic rings. The fourth-order valence-corrected chi connectivity index (χ4v) is 3.45. The molecular formula is C23H17N5O2. The summed E-state index contributed by atoms with van der Waals surface area (Å²) in [6.07, 6.45) is 3.37. The van der Waals surface area contributed by atoms with Crippen molar-refractivity contribution >= 4 is 33.4 Å². The van der Waals surface area contributed by atoms with E-state index in [-0.39, 0.29) is 18.0 Å². The van der Waals surface area contributed by atoms with Gasteiger partial charge >= 0.3 is 0 Å². The van der Waals surface area contributed by atoms with E-state index in [0.29, 0.717) is 11.1 Å². The Labute approximate surface area is 171 Å². The minimum atomic E-state index is -0.319. The van der Waals surface area contributed by atoms with Crippen LogP contribution in [0.5, 0.6) is 0 Å². The smallest absolute Gasteiger partial charge is 0.275 e. The van der Waals surface area contributed by atoms with Gasteiger partial charge in [0.15, 0.2) is 0 Å². The number of para-hydroxylation sites is 2. The fraction of sp³-hybridized carbons (Fsp3) is 0.0435. The molecule has 2 aromatic heterocycles. The number of amides is 1. The Hall–Kier alpha value is -4.26. The number of anilines is 1. The molecule has 2 heterocycles. The maximum atomic E-state index is 12.5. The summed E-state index contributed by atoms with van der Waals surface area (Å²) in [4.78, 5) is 29.3. The van der Waals surface area contributed by atoms with Crippen LogP contribution in [0.1, 0.15) is 0 Å². The first-order valence-electron chi connectivity index (χ1n) is 9.46. The van der Waals surface area contributed by atoms with Gasteiger partial charge in [0.1, 0.15) is 12.9 Å². The number of nitrogens with zero attached hydrogens (tertiary/aromatic N) is 4. The molecule has 0 saturated heterocycles. The number of imidazole rings is 1. The van der Waals surface area contributed by atoms with Gasteiger partial charge in [-0.2, -0.15) is 5.10 Å². The van der Waals surface area contributed by atoms with Gasteiger partial charge < -0.3 is 5.32 Å². The Morgan fingerprint density at radius 3 is 2.57 bits per heavy atom. The molecule has 0 atom stereocenters. The second-order valence-electron chi connectivity index (χ2n) is 6.89. The van der Waals surface area contributed by atoms with Crippen molar-refractivity contribution in [2.24, 2.45) is 0 Å². The average Bonchev–Trinajstić information content (AvgIpc) is 3.21. The molecule has 0 aliphatic carbocycles. The molecule has 0 spiro atoms. The number of hydrogen-bond donors (Lipinski definition) is 1. The fourth-order valence-electron chi connectivity index (χ4n) is 3.45. The Bertz CT molecular complexity index is 1430. The molecule has 0 bridgehead atoms. The molecule has 0 aliphatic heterocycles. The molecule has 7 heteroatoms. The van der Waals surface area contributed by atoms with Crippen LogP contribution in [0, 0.1) is 0 Å². The minimum Gasteiger partial charge on any atom is -0.324 e. The van der Waals surface area contributed by atoms with Gasteiger partial charge in [-0.05, 0) is 42.5 Å². The molecule has 0 fully saturated rings. The molecule has 146 valence electrons. The molecule has 30 heavy (non-hydrogen) atoms. The Balaban J connectivity index is 1.33. The zero-order chi connectivity index (χ0) is 20.5. The number of carbonyl (C=O) groups is 1. The van der Waals surface area contributed by atoms with Crippen molar-refractivity contribution in [3.05, 3.63) is 95.7 Å². The van der Waals surface area contributed by atoms with Crippen LogP contribution in [0.4, 0.5) is 5.69 Å². The van der Waals surface area contributed by atoms with Crippen LogP contribution in [0.2, 0.25) is 0 Å². The first-order chi connectivity index (χ1) is 14.7. The van der Waals surface area contributed by atoms with Crippen molar-refractivity contribution in [2.45, 2.75) is 6.54 Å². The first kappa shape index (κ1) is 17.8. The lowest BCUT2D eigenvalue weighted by Gasteiger charge is -2.09. The van der Waals surface area contributed by atoms with Crippen LogP contribution >= 0.6 is 0 Å². The Kier molecular flexibility index (Phi) is 4.33. The largest absolute Gasteiger partial charge is 0.324 e. The molecule has 0 unspecified atom stereocenters. The maximum absolute atomic E-state index is 12.5. The highest BCUT2D eigenvalue weighted by atomic mass is 16.2. The van der Waals surface area contributed by atoms with Crippen molar-refractivity contribution in [3.8, 4) is 5.69 Å². The lowest BCUT2D eigenvalue weighted by Crippen LogP contribution is -2.29. The summed E-state index contributed by atoms with van der Waals surface area (Å²) in [7, 11) is 0. The Morgan fingerprint density at radius 1 is 0.933 bits per heavy atom. The zero-order valence-corrected chi connectivity index (χ0v) is 15.9. The topological polar surface area (TPSA) is 81.8 Å². The van der Waals surface area contributed by atoms with Crippen LogP contribution in [0.3, 0.4) is 0 Å². The quantitative estimate of drug-likeness (QED) is 0.506. The maximum Gasteiger partial charge on any atom is 0.275 e. The summed E-state index contributed by atoms with van der Waals surface area (Å²) < 4.78 is 3.16. The predicted octanol–water partition coefficient (Wildman–Crippen LogP) is 3.37. The number of nitrogens with one attached hydrogen (secondary N) is 1. The second-order valence-corrected chi connectivity index (χ2v) is 6.89. The summed E-state index contributed by atoms with van der Waals surface area (Å²) in [5, 5.41) is 8.20. The molecule has 5 rings (SSSR count). The van der Waals surface area contributed by atoms with Gasteiger partial charge in [0, 0.05) is 16.8 Å². The predicted molar refractivity (Wildman–Crippen MR) is 116 cm³/mol. The first-order valence-corrected chi connectivity index (χ1v) is 9.46. The summed E-state index contributed by atoms with van der Waals surface area (Å²) in [5.74, 6) is -0.319. The molecular weight excluding hydrogens is 378 g/mol. The standard InChI is InChI=1S/C23H17N5O2/c29-22(14-28-23(30)19-6-2-1-5-16(19)13-25-28)26-17-9-11-18(12-10-17)27-15-24-20-7-3-4-8-21(20)27/h1-13,15H,14H2,(H,26,29). The lowest BCUT2D eigenvalue weighted by molar-refractivity contribution is -0.117. The highest BCUT2D eigenvalue weighted by molar-refractivity contribution is 5.91. The van der Waals surface area contributed by atoms with Crippen molar-refractivity contribution in [3.63, 3.8) is 0 Å². The molecule has 7 nitrogen and oxygen atoms in total.